The first-order valence-electron chi connectivity index (χ1n) is 5.00. The van der Waals surface area contributed by atoms with E-state index in [1.807, 2.05) is 0 Å². The Morgan fingerprint density at radius 3 is 2.59 bits per heavy atom. The molecule has 96 valence electrons. The molecule has 6 heteroatoms. The van der Waals surface area contributed by atoms with Crippen LogP contribution in [-0.2, 0) is 0 Å². The smallest absolute Gasteiger partial charge is 0.396 e. The van der Waals surface area contributed by atoms with E-state index in [1.54, 1.807) is 25.1 Å². The van der Waals surface area contributed by atoms with Crippen molar-refractivity contribution in [3.63, 3.8) is 0 Å². The van der Waals surface area contributed by atoms with E-state index >= 15 is 0 Å². The van der Waals surface area contributed by atoms with E-state index in [2.05, 4.69) is 0 Å². The van der Waals surface area contributed by atoms with E-state index in [0.29, 0.717) is 0 Å². The first-order chi connectivity index (χ1) is 7.84. The molecule has 0 saturated carbocycles. The minimum atomic E-state index is -4.36. The highest BCUT2D eigenvalue weighted by atomic mass is 35.5. The molecule has 1 aromatic rings. The fourth-order valence-electron chi connectivity index (χ4n) is 1.21. The van der Waals surface area contributed by atoms with Crippen LogP contribution in [0.15, 0.2) is 18.2 Å². The number of hydrogen-bond donors (Lipinski definition) is 1. The van der Waals surface area contributed by atoms with Crippen LogP contribution in [-0.4, -0.2) is 19.3 Å². The fraction of sp³-hybridized carbons (Fsp3) is 0.455. The van der Waals surface area contributed by atoms with Gasteiger partial charge in [0.05, 0.1) is 5.02 Å². The average molecular weight is 268 g/mol. The van der Waals surface area contributed by atoms with Crippen LogP contribution in [0, 0.1) is 12.8 Å². The highest BCUT2D eigenvalue weighted by Crippen LogP contribution is 2.29. The third kappa shape index (κ3) is 4.09. The van der Waals surface area contributed by atoms with Gasteiger partial charge in [-0.25, -0.2) is 0 Å². The molecule has 2 nitrogen and oxygen atoms in total. The molecule has 0 amide bonds. The molecule has 0 spiro atoms. The number of nitrogens with two attached hydrogens (primary N) is 1. The maximum Gasteiger partial charge on any atom is 0.396 e. The lowest BCUT2D eigenvalue weighted by Gasteiger charge is -2.19. The summed E-state index contributed by atoms with van der Waals surface area (Å²) in [5, 5.41) is 0.286. The lowest BCUT2D eigenvalue weighted by Crippen LogP contribution is -2.35. The highest BCUT2D eigenvalue weighted by molar-refractivity contribution is 6.32. The molecule has 0 heterocycles. The van der Waals surface area contributed by atoms with Crippen LogP contribution < -0.4 is 10.5 Å². The van der Waals surface area contributed by atoms with Crippen molar-refractivity contribution < 1.29 is 17.9 Å². The van der Waals surface area contributed by atoms with Gasteiger partial charge in [0.25, 0.3) is 0 Å². The molecule has 0 bridgehead atoms. The van der Waals surface area contributed by atoms with Gasteiger partial charge in [0.1, 0.15) is 18.3 Å². The summed E-state index contributed by atoms with van der Waals surface area (Å²) in [6.45, 7) is 0.767. The minimum Gasteiger partial charge on any atom is -0.491 e. The summed E-state index contributed by atoms with van der Waals surface area (Å²) in [6.07, 6.45) is -4.36. The lowest BCUT2D eigenvalue weighted by molar-refractivity contribution is -0.178. The summed E-state index contributed by atoms with van der Waals surface area (Å²) in [6, 6.07) is 4.92. The van der Waals surface area contributed by atoms with E-state index in [-0.39, 0.29) is 10.8 Å². The Labute approximate surface area is 103 Å². The number of rotatable bonds is 4. The highest BCUT2D eigenvalue weighted by Gasteiger charge is 2.39. The van der Waals surface area contributed by atoms with E-state index in [9.17, 15) is 13.2 Å². The predicted octanol–water partition coefficient (Wildman–Crippen LogP) is 3.16. The molecule has 1 aromatic carbocycles. The number of alkyl halides is 3. The molecule has 0 aliphatic carbocycles. The molecule has 17 heavy (non-hydrogen) atoms. The molecule has 2 N–H and O–H groups in total. The average Bonchev–Trinajstić information content (AvgIpc) is 2.22. The molecule has 1 unspecified atom stereocenters. The van der Waals surface area contributed by atoms with Crippen molar-refractivity contribution in [2.45, 2.75) is 13.1 Å². The maximum atomic E-state index is 12.4. The van der Waals surface area contributed by atoms with Crippen molar-refractivity contribution >= 4 is 11.6 Å². The van der Waals surface area contributed by atoms with E-state index in [4.69, 9.17) is 22.1 Å². The zero-order valence-electron chi connectivity index (χ0n) is 9.22. The van der Waals surface area contributed by atoms with Crippen molar-refractivity contribution in [1.82, 2.24) is 0 Å². The Kier molecular flexibility index (Phi) is 4.65. The Morgan fingerprint density at radius 1 is 1.41 bits per heavy atom. The molecule has 0 fully saturated rings. The van der Waals surface area contributed by atoms with Gasteiger partial charge in [-0.2, -0.15) is 13.2 Å². The quantitative estimate of drug-likeness (QED) is 0.909. The Morgan fingerprint density at radius 2 is 2.06 bits per heavy atom. The van der Waals surface area contributed by atoms with Crippen LogP contribution in [0.25, 0.3) is 0 Å². The maximum absolute atomic E-state index is 12.4. The fourth-order valence-corrected chi connectivity index (χ4v) is 1.38. The van der Waals surface area contributed by atoms with Crippen LogP contribution in [0.2, 0.25) is 5.02 Å². The molecular weight excluding hydrogens is 255 g/mol. The number of ether oxygens (including phenoxy) is 1. The van der Waals surface area contributed by atoms with Crippen LogP contribution in [0.4, 0.5) is 13.2 Å². The van der Waals surface area contributed by atoms with Crippen molar-refractivity contribution in [1.29, 1.82) is 0 Å². The summed E-state index contributed by atoms with van der Waals surface area (Å²) in [4.78, 5) is 0. The van der Waals surface area contributed by atoms with Gasteiger partial charge in [-0.05, 0) is 24.6 Å². The molecule has 0 aromatic heterocycles. The Bertz CT molecular complexity index is 381. The Hall–Kier alpha value is -0.940. The first kappa shape index (κ1) is 14.1. The van der Waals surface area contributed by atoms with E-state index < -0.39 is 25.2 Å². The number of benzene rings is 1. The van der Waals surface area contributed by atoms with Gasteiger partial charge in [0, 0.05) is 6.54 Å². The van der Waals surface area contributed by atoms with Crippen molar-refractivity contribution in [2.24, 2.45) is 11.7 Å². The van der Waals surface area contributed by atoms with Gasteiger partial charge in [-0.15, -0.1) is 0 Å². The number of halogens is 4. The van der Waals surface area contributed by atoms with Crippen molar-refractivity contribution in [3.8, 4) is 5.75 Å². The first-order valence-corrected chi connectivity index (χ1v) is 5.38. The molecule has 0 aliphatic heterocycles. The summed E-state index contributed by atoms with van der Waals surface area (Å²) < 4.78 is 42.3. The number of aryl methyl sites for hydroxylation is 1. The van der Waals surface area contributed by atoms with E-state index in [0.717, 1.165) is 5.56 Å². The predicted molar refractivity (Wildman–Crippen MR) is 60.3 cm³/mol. The molecule has 1 rings (SSSR count). The molecule has 0 saturated heterocycles. The minimum absolute atomic E-state index is 0.245. The summed E-state index contributed by atoms with van der Waals surface area (Å²) in [5.41, 5.74) is 5.92. The zero-order chi connectivity index (χ0) is 13.1. The van der Waals surface area contributed by atoms with Crippen LogP contribution in [0.1, 0.15) is 5.56 Å². The normalized spacial score (nSPS) is 13.5. The van der Waals surface area contributed by atoms with Crippen LogP contribution >= 0.6 is 11.6 Å². The van der Waals surface area contributed by atoms with Crippen LogP contribution in [0.5, 0.6) is 5.75 Å². The molecule has 0 radical (unpaired) electrons. The summed E-state index contributed by atoms with van der Waals surface area (Å²) in [5.74, 6) is -1.44. The molecule has 0 aliphatic rings. The zero-order valence-corrected chi connectivity index (χ0v) is 9.98. The summed E-state index contributed by atoms with van der Waals surface area (Å²) >= 11 is 5.80. The summed E-state index contributed by atoms with van der Waals surface area (Å²) in [7, 11) is 0. The third-order valence-electron chi connectivity index (χ3n) is 2.27. The topological polar surface area (TPSA) is 35.2 Å². The Balaban J connectivity index is 2.69. The van der Waals surface area contributed by atoms with Crippen LogP contribution in [0.3, 0.4) is 0 Å². The van der Waals surface area contributed by atoms with Gasteiger partial charge in [-0.1, -0.05) is 17.7 Å². The second-order valence-corrected chi connectivity index (χ2v) is 4.13. The number of hydrogen-bond acceptors (Lipinski definition) is 2. The SMILES string of the molecule is Cc1ccc(Cl)c(OCC(CN)C(F)(F)F)c1. The van der Waals surface area contributed by atoms with Crippen molar-refractivity contribution in [2.75, 3.05) is 13.2 Å². The van der Waals surface area contributed by atoms with Gasteiger partial charge < -0.3 is 10.5 Å². The van der Waals surface area contributed by atoms with E-state index in [1.165, 1.54) is 0 Å². The van der Waals surface area contributed by atoms with Gasteiger partial charge in [-0.3, -0.25) is 0 Å². The van der Waals surface area contributed by atoms with Gasteiger partial charge in [0.15, 0.2) is 0 Å². The standard InChI is InChI=1S/C11H13ClF3NO/c1-7-2-3-9(12)10(4-7)17-6-8(5-16)11(13,14)15/h2-4,8H,5-6,16H2,1H3. The second kappa shape index (κ2) is 5.60. The molecule has 1 atom stereocenters. The second-order valence-electron chi connectivity index (χ2n) is 3.72. The lowest BCUT2D eigenvalue weighted by atomic mass is 10.1. The third-order valence-corrected chi connectivity index (χ3v) is 2.59. The van der Waals surface area contributed by atoms with Gasteiger partial charge >= 0.3 is 6.18 Å². The molecular formula is C11H13ClF3NO. The van der Waals surface area contributed by atoms with Gasteiger partial charge in [0.2, 0.25) is 0 Å². The monoisotopic (exact) mass is 267 g/mol. The van der Waals surface area contributed by atoms with Crippen molar-refractivity contribution in [3.05, 3.63) is 28.8 Å². The largest absolute Gasteiger partial charge is 0.491 e.